The van der Waals surface area contributed by atoms with Crippen molar-refractivity contribution in [1.82, 2.24) is 4.90 Å². The van der Waals surface area contributed by atoms with Crippen LogP contribution in [0.1, 0.15) is 12.8 Å². The maximum atomic E-state index is 12.4. The summed E-state index contributed by atoms with van der Waals surface area (Å²) >= 11 is 0. The minimum Gasteiger partial charge on any atom is -0.406 e. The van der Waals surface area contributed by atoms with Crippen molar-refractivity contribution in [3.05, 3.63) is 24.3 Å². The monoisotopic (exact) mass is 329 g/mol. The molecule has 2 saturated heterocycles. The van der Waals surface area contributed by atoms with E-state index < -0.39 is 24.1 Å². The molecule has 2 atom stereocenters. The summed E-state index contributed by atoms with van der Waals surface area (Å²) in [6.45, 7) is 0.541. The number of carbonyl (C=O) groups is 2. The molecule has 0 bridgehead atoms. The number of urea groups is 1. The molecule has 124 valence electrons. The number of alkyl halides is 3. The van der Waals surface area contributed by atoms with E-state index in [0.29, 0.717) is 18.7 Å². The number of amides is 3. The molecule has 2 heterocycles. The van der Waals surface area contributed by atoms with Gasteiger partial charge in [0.25, 0.3) is 0 Å². The second kappa shape index (κ2) is 5.32. The van der Waals surface area contributed by atoms with E-state index in [2.05, 4.69) is 4.74 Å². The Kier molecular flexibility index (Phi) is 3.57. The number of nitrogens with two attached hydrogens (primary N) is 1. The van der Waals surface area contributed by atoms with Crippen molar-refractivity contribution in [2.75, 3.05) is 11.4 Å². The molecule has 0 aromatic heterocycles. The van der Waals surface area contributed by atoms with E-state index in [9.17, 15) is 22.8 Å². The SMILES string of the molecule is NC(=O)C1[C@@H]2CCCN2C(=O)N1c1ccc(OC(F)(F)F)cc1. The lowest BCUT2D eigenvalue weighted by atomic mass is 10.1. The van der Waals surface area contributed by atoms with Crippen LogP contribution < -0.4 is 15.4 Å². The largest absolute Gasteiger partial charge is 0.573 e. The lowest BCUT2D eigenvalue weighted by Crippen LogP contribution is -2.46. The smallest absolute Gasteiger partial charge is 0.406 e. The molecule has 6 nitrogen and oxygen atoms in total. The highest BCUT2D eigenvalue weighted by molar-refractivity contribution is 6.03. The van der Waals surface area contributed by atoms with E-state index in [1.54, 1.807) is 4.90 Å². The summed E-state index contributed by atoms with van der Waals surface area (Å²) in [4.78, 5) is 27.0. The van der Waals surface area contributed by atoms with Crippen LogP contribution in [0.4, 0.5) is 23.7 Å². The molecule has 2 aliphatic rings. The molecular formula is C14H14F3N3O3. The van der Waals surface area contributed by atoms with Crippen molar-refractivity contribution < 1.29 is 27.5 Å². The zero-order chi connectivity index (χ0) is 16.8. The molecule has 0 aliphatic carbocycles. The minimum atomic E-state index is -4.79. The number of fused-ring (bicyclic) bond motifs is 1. The van der Waals surface area contributed by atoms with Crippen LogP contribution in [0.25, 0.3) is 0 Å². The maximum Gasteiger partial charge on any atom is 0.573 e. The first kappa shape index (κ1) is 15.4. The van der Waals surface area contributed by atoms with Crippen LogP contribution in [0.2, 0.25) is 0 Å². The normalized spacial score (nSPS) is 24.0. The molecule has 9 heteroatoms. The van der Waals surface area contributed by atoms with Crippen molar-refractivity contribution >= 4 is 17.6 Å². The van der Waals surface area contributed by atoms with Crippen LogP contribution in [0, 0.1) is 0 Å². The number of halogens is 3. The minimum absolute atomic E-state index is 0.286. The average Bonchev–Trinajstić information content (AvgIpc) is 3.00. The van der Waals surface area contributed by atoms with Gasteiger partial charge in [-0.25, -0.2) is 4.79 Å². The molecule has 0 saturated carbocycles. The number of carbonyl (C=O) groups excluding carboxylic acids is 2. The Bertz CT molecular complexity index is 632. The Morgan fingerprint density at radius 2 is 1.91 bits per heavy atom. The molecule has 2 aliphatic heterocycles. The molecule has 0 spiro atoms. The van der Waals surface area contributed by atoms with E-state index in [1.165, 1.54) is 17.0 Å². The van der Waals surface area contributed by atoms with E-state index in [0.717, 1.165) is 18.6 Å². The van der Waals surface area contributed by atoms with Gasteiger partial charge in [-0.05, 0) is 37.1 Å². The maximum absolute atomic E-state index is 12.4. The highest BCUT2D eigenvalue weighted by Crippen LogP contribution is 2.36. The standard InChI is InChI=1S/C14H14F3N3O3/c15-14(16,17)23-9-5-3-8(4-6-9)20-11(12(18)21)10-2-1-7-19(10)13(20)22/h3-6,10-11H,1-2,7H2,(H2,18,21)/t10-,11?/m0/s1. The molecule has 1 unspecified atom stereocenters. The Labute approximate surface area is 129 Å². The third-order valence-electron chi connectivity index (χ3n) is 4.03. The second-order valence-corrected chi connectivity index (χ2v) is 5.44. The van der Waals surface area contributed by atoms with Gasteiger partial charge in [-0.1, -0.05) is 0 Å². The van der Waals surface area contributed by atoms with Crippen molar-refractivity contribution in [3.63, 3.8) is 0 Å². The van der Waals surface area contributed by atoms with Gasteiger partial charge in [0.1, 0.15) is 11.8 Å². The fourth-order valence-electron chi connectivity index (χ4n) is 3.18. The van der Waals surface area contributed by atoms with Crippen molar-refractivity contribution in [2.24, 2.45) is 5.73 Å². The summed E-state index contributed by atoms with van der Waals surface area (Å²) in [6.07, 6.45) is -3.32. The van der Waals surface area contributed by atoms with Crippen LogP contribution in [-0.2, 0) is 4.79 Å². The van der Waals surface area contributed by atoms with Crippen molar-refractivity contribution in [1.29, 1.82) is 0 Å². The topological polar surface area (TPSA) is 75.9 Å². The molecule has 3 rings (SSSR count). The Morgan fingerprint density at radius 3 is 2.48 bits per heavy atom. The van der Waals surface area contributed by atoms with Gasteiger partial charge < -0.3 is 15.4 Å². The molecule has 0 radical (unpaired) electrons. The Morgan fingerprint density at radius 1 is 1.26 bits per heavy atom. The molecule has 3 amide bonds. The number of ether oxygens (including phenoxy) is 1. The Balaban J connectivity index is 1.87. The molecule has 1 aromatic carbocycles. The zero-order valence-corrected chi connectivity index (χ0v) is 11.9. The number of rotatable bonds is 3. The van der Waals surface area contributed by atoms with E-state index in [1.807, 2.05) is 0 Å². The van der Waals surface area contributed by atoms with E-state index in [-0.39, 0.29) is 12.1 Å². The molecular weight excluding hydrogens is 315 g/mol. The summed E-state index contributed by atoms with van der Waals surface area (Å²) < 4.78 is 40.3. The van der Waals surface area contributed by atoms with Crippen LogP contribution in [0.5, 0.6) is 5.75 Å². The first-order chi connectivity index (χ1) is 10.8. The third-order valence-corrected chi connectivity index (χ3v) is 4.03. The van der Waals surface area contributed by atoms with Crippen LogP contribution in [-0.4, -0.2) is 41.8 Å². The second-order valence-electron chi connectivity index (χ2n) is 5.44. The van der Waals surface area contributed by atoms with E-state index in [4.69, 9.17) is 5.73 Å². The summed E-state index contributed by atoms with van der Waals surface area (Å²) in [5.74, 6) is -1.03. The van der Waals surface area contributed by atoms with Gasteiger partial charge in [-0.15, -0.1) is 13.2 Å². The highest BCUT2D eigenvalue weighted by Gasteiger charge is 2.51. The number of hydrogen-bond acceptors (Lipinski definition) is 3. The van der Waals surface area contributed by atoms with Crippen LogP contribution >= 0.6 is 0 Å². The summed E-state index contributed by atoms with van der Waals surface area (Å²) in [5, 5.41) is 0. The average molecular weight is 329 g/mol. The van der Waals surface area contributed by atoms with Crippen LogP contribution in [0.15, 0.2) is 24.3 Å². The van der Waals surface area contributed by atoms with Crippen molar-refractivity contribution in [3.8, 4) is 5.75 Å². The number of nitrogens with zero attached hydrogens (tertiary/aromatic N) is 2. The fourth-order valence-corrected chi connectivity index (χ4v) is 3.18. The lowest BCUT2D eigenvalue weighted by Gasteiger charge is -2.23. The lowest BCUT2D eigenvalue weighted by molar-refractivity contribution is -0.274. The number of anilines is 1. The zero-order valence-electron chi connectivity index (χ0n) is 11.9. The van der Waals surface area contributed by atoms with Gasteiger partial charge in [-0.3, -0.25) is 9.69 Å². The third kappa shape index (κ3) is 2.78. The summed E-state index contributed by atoms with van der Waals surface area (Å²) in [6, 6.07) is 3.33. The van der Waals surface area contributed by atoms with Crippen LogP contribution in [0.3, 0.4) is 0 Å². The summed E-state index contributed by atoms with van der Waals surface area (Å²) in [5.41, 5.74) is 5.73. The van der Waals surface area contributed by atoms with E-state index >= 15 is 0 Å². The fraction of sp³-hybridized carbons (Fsp3) is 0.429. The van der Waals surface area contributed by atoms with Gasteiger partial charge in [0, 0.05) is 12.2 Å². The summed E-state index contributed by atoms with van der Waals surface area (Å²) in [7, 11) is 0. The predicted molar refractivity (Wildman–Crippen MR) is 73.7 cm³/mol. The highest BCUT2D eigenvalue weighted by atomic mass is 19.4. The molecule has 23 heavy (non-hydrogen) atoms. The number of benzene rings is 1. The van der Waals surface area contributed by atoms with Crippen molar-refractivity contribution in [2.45, 2.75) is 31.3 Å². The first-order valence-corrected chi connectivity index (χ1v) is 7.03. The first-order valence-electron chi connectivity index (χ1n) is 7.03. The molecule has 2 N–H and O–H groups in total. The molecule has 1 aromatic rings. The number of hydrogen-bond donors (Lipinski definition) is 1. The van der Waals surface area contributed by atoms with Gasteiger partial charge in [0.2, 0.25) is 5.91 Å². The number of primary amides is 1. The van der Waals surface area contributed by atoms with Gasteiger partial charge in [-0.2, -0.15) is 0 Å². The Hall–Kier alpha value is -2.45. The molecule has 2 fully saturated rings. The van der Waals surface area contributed by atoms with Gasteiger partial charge in [0.05, 0.1) is 6.04 Å². The van der Waals surface area contributed by atoms with Gasteiger partial charge >= 0.3 is 12.4 Å². The quantitative estimate of drug-likeness (QED) is 0.919. The van der Waals surface area contributed by atoms with Gasteiger partial charge in [0.15, 0.2) is 0 Å². The predicted octanol–water partition coefficient (Wildman–Crippen LogP) is 1.84.